The molecule has 0 unspecified atom stereocenters. The average Bonchev–Trinajstić information content (AvgIpc) is 2.63. The van der Waals surface area contributed by atoms with Crippen LogP contribution in [0.3, 0.4) is 0 Å². The van der Waals surface area contributed by atoms with E-state index in [4.69, 9.17) is 4.74 Å². The van der Waals surface area contributed by atoms with Gasteiger partial charge >= 0.3 is 6.09 Å². The quantitative estimate of drug-likeness (QED) is 0.848. The third-order valence-corrected chi connectivity index (χ3v) is 4.01. The molecule has 0 atom stereocenters. The highest BCUT2D eigenvalue weighted by atomic mass is 16.6. The second-order valence-electron chi connectivity index (χ2n) is 5.86. The largest absolute Gasteiger partial charge is 0.415 e. The van der Waals surface area contributed by atoms with Crippen LogP contribution in [0.15, 0.2) is 30.3 Å². The fourth-order valence-corrected chi connectivity index (χ4v) is 2.64. The highest BCUT2D eigenvalue weighted by Gasteiger charge is 2.25. The Bertz CT molecular complexity index is 583. The normalized spacial score (nSPS) is 14.1. The molecular formula is C18H25N3O4. The number of ether oxygens (including phenoxy) is 1. The monoisotopic (exact) mass is 347 g/mol. The standard InChI is InChI=1S/C18H25N3O4/c1-2-19-16(22)9-6-10-17(23)20-11-13-21(14-12-20)18(24)25-15-7-4-3-5-8-15/h3-5,7-8H,2,6,9-14H2,1H3,(H,19,22). The number of piperazine rings is 1. The lowest BCUT2D eigenvalue weighted by Crippen LogP contribution is -2.51. The zero-order valence-electron chi connectivity index (χ0n) is 14.6. The number of amides is 3. The maximum Gasteiger partial charge on any atom is 0.415 e. The molecule has 0 saturated carbocycles. The molecule has 0 bridgehead atoms. The number of nitrogens with one attached hydrogen (secondary N) is 1. The van der Waals surface area contributed by atoms with Crippen LogP contribution in [0.5, 0.6) is 5.75 Å². The number of benzene rings is 1. The summed E-state index contributed by atoms with van der Waals surface area (Å²) in [7, 11) is 0. The van der Waals surface area contributed by atoms with E-state index in [1.165, 1.54) is 0 Å². The molecule has 1 aromatic carbocycles. The summed E-state index contributed by atoms with van der Waals surface area (Å²) in [6.45, 7) is 4.36. The van der Waals surface area contributed by atoms with Crippen molar-refractivity contribution in [3.8, 4) is 5.75 Å². The predicted molar refractivity (Wildman–Crippen MR) is 93.2 cm³/mol. The van der Waals surface area contributed by atoms with Crippen LogP contribution in [-0.2, 0) is 9.59 Å². The Labute approximate surface area is 147 Å². The number of hydrogen-bond donors (Lipinski definition) is 1. The Morgan fingerprint density at radius 1 is 1.00 bits per heavy atom. The van der Waals surface area contributed by atoms with Crippen LogP contribution >= 0.6 is 0 Å². The summed E-state index contributed by atoms with van der Waals surface area (Å²) in [6, 6.07) is 8.92. The van der Waals surface area contributed by atoms with Crippen molar-refractivity contribution in [3.63, 3.8) is 0 Å². The second kappa shape index (κ2) is 9.66. The molecule has 7 nitrogen and oxygen atoms in total. The van der Waals surface area contributed by atoms with E-state index in [1.807, 2.05) is 13.0 Å². The topological polar surface area (TPSA) is 79.0 Å². The molecule has 1 aliphatic rings. The van der Waals surface area contributed by atoms with E-state index in [-0.39, 0.29) is 11.8 Å². The number of para-hydroxylation sites is 1. The van der Waals surface area contributed by atoms with E-state index in [1.54, 1.807) is 34.1 Å². The lowest BCUT2D eigenvalue weighted by atomic mass is 10.2. The Kier molecular flexibility index (Phi) is 7.25. The van der Waals surface area contributed by atoms with Gasteiger partial charge in [-0.05, 0) is 25.5 Å². The molecule has 1 N–H and O–H groups in total. The van der Waals surface area contributed by atoms with Crippen LogP contribution in [0.2, 0.25) is 0 Å². The molecule has 1 fully saturated rings. The fourth-order valence-electron chi connectivity index (χ4n) is 2.64. The number of rotatable bonds is 6. The summed E-state index contributed by atoms with van der Waals surface area (Å²) in [6.07, 6.45) is 0.865. The third kappa shape index (κ3) is 6.10. The number of hydrogen-bond acceptors (Lipinski definition) is 4. The Hall–Kier alpha value is -2.57. The Morgan fingerprint density at radius 2 is 1.64 bits per heavy atom. The molecule has 0 radical (unpaired) electrons. The first-order chi connectivity index (χ1) is 12.1. The van der Waals surface area contributed by atoms with Gasteiger partial charge in [-0.15, -0.1) is 0 Å². The summed E-state index contributed by atoms with van der Waals surface area (Å²) in [5, 5.41) is 2.72. The molecule has 1 aliphatic heterocycles. The minimum atomic E-state index is -0.394. The van der Waals surface area contributed by atoms with Crippen LogP contribution in [0, 0.1) is 0 Å². The molecule has 1 heterocycles. The molecule has 25 heavy (non-hydrogen) atoms. The van der Waals surface area contributed by atoms with E-state index >= 15 is 0 Å². The van der Waals surface area contributed by atoms with E-state index in [2.05, 4.69) is 5.32 Å². The van der Waals surface area contributed by atoms with E-state index in [0.29, 0.717) is 57.7 Å². The van der Waals surface area contributed by atoms with Gasteiger partial charge in [0.05, 0.1) is 0 Å². The summed E-state index contributed by atoms with van der Waals surface area (Å²) >= 11 is 0. The minimum Gasteiger partial charge on any atom is -0.410 e. The molecule has 3 amide bonds. The van der Waals surface area contributed by atoms with E-state index in [9.17, 15) is 14.4 Å². The smallest absolute Gasteiger partial charge is 0.410 e. The summed E-state index contributed by atoms with van der Waals surface area (Å²) in [4.78, 5) is 39.0. The summed E-state index contributed by atoms with van der Waals surface area (Å²) in [5.74, 6) is 0.514. The van der Waals surface area contributed by atoms with Gasteiger partial charge in [-0.3, -0.25) is 9.59 Å². The lowest BCUT2D eigenvalue weighted by molar-refractivity contribution is -0.132. The molecule has 0 aromatic heterocycles. The van der Waals surface area contributed by atoms with Gasteiger partial charge < -0.3 is 19.9 Å². The predicted octanol–water partition coefficient (Wildman–Crippen LogP) is 1.64. The van der Waals surface area contributed by atoms with Gasteiger partial charge in [-0.25, -0.2) is 4.79 Å². The van der Waals surface area contributed by atoms with Crippen LogP contribution < -0.4 is 10.1 Å². The molecule has 2 rings (SSSR count). The average molecular weight is 347 g/mol. The number of carbonyl (C=O) groups excluding carboxylic acids is 3. The van der Waals surface area contributed by atoms with Crippen molar-refractivity contribution in [2.45, 2.75) is 26.2 Å². The van der Waals surface area contributed by atoms with Crippen LogP contribution in [0.4, 0.5) is 4.79 Å². The molecule has 0 aliphatic carbocycles. The van der Waals surface area contributed by atoms with Crippen LogP contribution in [0.25, 0.3) is 0 Å². The number of carbonyl (C=O) groups is 3. The van der Waals surface area contributed by atoms with Crippen molar-refractivity contribution in [3.05, 3.63) is 30.3 Å². The molecule has 1 saturated heterocycles. The van der Waals surface area contributed by atoms with Crippen molar-refractivity contribution >= 4 is 17.9 Å². The summed E-state index contributed by atoms with van der Waals surface area (Å²) in [5.41, 5.74) is 0. The van der Waals surface area contributed by atoms with Crippen molar-refractivity contribution in [1.82, 2.24) is 15.1 Å². The lowest BCUT2D eigenvalue weighted by Gasteiger charge is -2.34. The molecule has 7 heteroatoms. The zero-order chi connectivity index (χ0) is 18.1. The van der Waals surface area contributed by atoms with Gasteiger partial charge in [-0.2, -0.15) is 0 Å². The highest BCUT2D eigenvalue weighted by Crippen LogP contribution is 2.12. The first kappa shape index (κ1) is 18.8. The van der Waals surface area contributed by atoms with E-state index < -0.39 is 6.09 Å². The van der Waals surface area contributed by atoms with Crippen molar-refractivity contribution in [2.24, 2.45) is 0 Å². The summed E-state index contributed by atoms with van der Waals surface area (Å²) < 4.78 is 5.30. The van der Waals surface area contributed by atoms with Gasteiger partial charge in [0.25, 0.3) is 0 Å². The molecule has 136 valence electrons. The third-order valence-electron chi connectivity index (χ3n) is 4.01. The fraction of sp³-hybridized carbons (Fsp3) is 0.500. The van der Waals surface area contributed by atoms with Crippen molar-refractivity contribution in [1.29, 1.82) is 0 Å². The van der Waals surface area contributed by atoms with Gasteiger partial charge in [-0.1, -0.05) is 18.2 Å². The minimum absolute atomic E-state index is 0.0243. The van der Waals surface area contributed by atoms with E-state index in [0.717, 1.165) is 0 Å². The molecular weight excluding hydrogens is 322 g/mol. The SMILES string of the molecule is CCNC(=O)CCCC(=O)N1CCN(C(=O)Oc2ccccc2)CC1. The van der Waals surface area contributed by atoms with Gasteiger partial charge in [0, 0.05) is 45.6 Å². The Balaban J connectivity index is 1.69. The second-order valence-corrected chi connectivity index (χ2v) is 5.86. The molecule has 1 aromatic rings. The van der Waals surface area contributed by atoms with Crippen LogP contribution in [-0.4, -0.2) is 60.4 Å². The number of nitrogens with zero attached hydrogens (tertiary/aromatic N) is 2. The van der Waals surface area contributed by atoms with Crippen molar-refractivity contribution in [2.75, 3.05) is 32.7 Å². The highest BCUT2D eigenvalue weighted by molar-refractivity contribution is 5.79. The van der Waals surface area contributed by atoms with Crippen molar-refractivity contribution < 1.29 is 19.1 Å². The first-order valence-electron chi connectivity index (χ1n) is 8.66. The van der Waals surface area contributed by atoms with Gasteiger partial charge in [0.1, 0.15) is 5.75 Å². The molecule has 0 spiro atoms. The maximum absolute atomic E-state index is 12.2. The maximum atomic E-state index is 12.2. The first-order valence-corrected chi connectivity index (χ1v) is 8.66. The Morgan fingerprint density at radius 3 is 2.28 bits per heavy atom. The van der Waals surface area contributed by atoms with Crippen LogP contribution in [0.1, 0.15) is 26.2 Å². The van der Waals surface area contributed by atoms with Gasteiger partial charge in [0.15, 0.2) is 0 Å². The van der Waals surface area contributed by atoms with Gasteiger partial charge in [0.2, 0.25) is 11.8 Å². The zero-order valence-corrected chi connectivity index (χ0v) is 14.6.